The highest BCUT2D eigenvalue weighted by atomic mass is 16.1. The molecule has 0 unspecified atom stereocenters. The Morgan fingerprint density at radius 2 is 0.654 bits per heavy atom. The summed E-state index contributed by atoms with van der Waals surface area (Å²) in [5.41, 5.74) is 0. The van der Waals surface area contributed by atoms with E-state index in [2.05, 4.69) is 29.0 Å². The second-order valence-corrected chi connectivity index (χ2v) is 16.8. The summed E-state index contributed by atoms with van der Waals surface area (Å²) in [5, 5.41) is 3.15. The molecule has 0 atom stereocenters. The first-order valence-electron chi connectivity index (χ1n) is 23.9. The molecule has 52 heavy (non-hydrogen) atoms. The van der Waals surface area contributed by atoms with Gasteiger partial charge in [0.2, 0.25) is 5.91 Å². The van der Waals surface area contributed by atoms with Crippen molar-refractivity contribution in [3.05, 3.63) is 0 Å². The summed E-state index contributed by atoms with van der Waals surface area (Å²) in [6, 6.07) is 0. The van der Waals surface area contributed by atoms with Crippen molar-refractivity contribution < 1.29 is 9.59 Å². The van der Waals surface area contributed by atoms with Crippen molar-refractivity contribution in [3.8, 4) is 0 Å². The van der Waals surface area contributed by atoms with E-state index >= 15 is 0 Å². The first-order chi connectivity index (χ1) is 25.7. The zero-order chi connectivity index (χ0) is 37.4. The first-order valence-corrected chi connectivity index (χ1v) is 23.9. The van der Waals surface area contributed by atoms with E-state index in [4.69, 9.17) is 0 Å². The van der Waals surface area contributed by atoms with Crippen LogP contribution in [0, 0.1) is 0 Å². The number of hydrogen-bond donors (Lipinski definition) is 1. The molecule has 1 saturated heterocycles. The number of piperazine rings is 1. The van der Waals surface area contributed by atoms with Gasteiger partial charge in [-0.25, -0.2) is 0 Å². The number of unbranched alkanes of at least 4 members (excludes halogenated alkanes) is 31. The Kier molecular flexibility index (Phi) is 37.5. The molecular formula is C47H93N3O2. The molecule has 0 aromatic carbocycles. The maximum Gasteiger partial charge on any atom is 0.221 e. The van der Waals surface area contributed by atoms with Gasteiger partial charge in [-0.15, -0.1) is 0 Å². The standard InChI is InChI=1S/C47H93N3O2/c1-3-5-7-9-11-13-15-17-19-21-22-24-26-28-30-32-34-36-46(51)37-40-49-42-44-50(45-43-49)41-38-47(52)48-39-35-33-31-29-27-25-23-20-18-16-14-12-10-8-6-4-2/h3-45H2,1-2H3,(H,48,52). The van der Waals surface area contributed by atoms with Gasteiger partial charge in [0.1, 0.15) is 5.78 Å². The van der Waals surface area contributed by atoms with Crippen LogP contribution in [0.15, 0.2) is 0 Å². The Morgan fingerprint density at radius 3 is 1.00 bits per heavy atom. The van der Waals surface area contributed by atoms with Crippen LogP contribution in [0.3, 0.4) is 0 Å². The molecule has 1 amide bonds. The third-order valence-corrected chi connectivity index (χ3v) is 11.7. The number of rotatable bonds is 41. The van der Waals surface area contributed by atoms with Crippen molar-refractivity contribution in [2.75, 3.05) is 45.8 Å². The van der Waals surface area contributed by atoms with Crippen LogP contribution in [-0.4, -0.2) is 67.3 Å². The monoisotopic (exact) mass is 732 g/mol. The van der Waals surface area contributed by atoms with E-state index in [1.54, 1.807) is 0 Å². The van der Waals surface area contributed by atoms with E-state index in [0.717, 1.165) is 65.1 Å². The predicted octanol–water partition coefficient (Wildman–Crippen LogP) is 13.4. The lowest BCUT2D eigenvalue weighted by molar-refractivity contribution is -0.122. The second-order valence-electron chi connectivity index (χ2n) is 16.8. The normalized spacial score (nSPS) is 14.0. The molecule has 0 spiro atoms. The van der Waals surface area contributed by atoms with Crippen LogP contribution in [0.1, 0.15) is 245 Å². The van der Waals surface area contributed by atoms with Crippen LogP contribution >= 0.6 is 0 Å². The minimum atomic E-state index is 0.207. The Balaban J connectivity index is 1.81. The van der Waals surface area contributed by atoms with Crippen LogP contribution in [0.4, 0.5) is 0 Å². The van der Waals surface area contributed by atoms with Crippen LogP contribution in [-0.2, 0) is 9.59 Å². The summed E-state index contributed by atoms with van der Waals surface area (Å²) in [4.78, 5) is 29.7. The van der Waals surface area contributed by atoms with Crippen molar-refractivity contribution in [1.29, 1.82) is 0 Å². The molecule has 0 aliphatic carbocycles. The van der Waals surface area contributed by atoms with Crippen LogP contribution in [0.5, 0.6) is 0 Å². The molecule has 1 N–H and O–H groups in total. The second kappa shape index (κ2) is 39.7. The number of carbonyl (C=O) groups is 2. The van der Waals surface area contributed by atoms with Gasteiger partial charge in [0.25, 0.3) is 0 Å². The van der Waals surface area contributed by atoms with Gasteiger partial charge in [0, 0.05) is 65.1 Å². The van der Waals surface area contributed by atoms with E-state index in [1.165, 1.54) is 199 Å². The molecule has 1 heterocycles. The van der Waals surface area contributed by atoms with Crippen LogP contribution < -0.4 is 5.32 Å². The molecule has 5 heteroatoms. The van der Waals surface area contributed by atoms with Crippen LogP contribution in [0.25, 0.3) is 0 Å². The Morgan fingerprint density at radius 1 is 0.365 bits per heavy atom. The first kappa shape index (κ1) is 49.1. The number of Topliss-reactive ketones (excluding diaryl/α,β-unsaturated/α-hetero) is 1. The molecule has 1 rings (SSSR count). The maximum atomic E-state index is 12.5. The van der Waals surface area contributed by atoms with E-state index < -0.39 is 0 Å². The van der Waals surface area contributed by atoms with Crippen molar-refractivity contribution >= 4 is 11.7 Å². The lowest BCUT2D eigenvalue weighted by Gasteiger charge is -2.34. The molecule has 308 valence electrons. The van der Waals surface area contributed by atoms with Gasteiger partial charge in [-0.3, -0.25) is 9.59 Å². The number of nitrogens with one attached hydrogen (secondary N) is 1. The summed E-state index contributed by atoms with van der Waals surface area (Å²) < 4.78 is 0. The molecule has 1 fully saturated rings. The van der Waals surface area contributed by atoms with E-state index in [1.807, 2.05) is 0 Å². The fourth-order valence-electron chi connectivity index (χ4n) is 7.94. The number of nitrogens with zero attached hydrogens (tertiary/aromatic N) is 2. The summed E-state index contributed by atoms with van der Waals surface area (Å²) in [5.74, 6) is 0.655. The SMILES string of the molecule is CCCCCCCCCCCCCCCCCCCC(=O)CCN1CCN(CCC(=O)NCCCCCCCCCCCCCCCCCC)CC1. The van der Waals surface area contributed by atoms with Gasteiger partial charge in [-0.2, -0.15) is 0 Å². The highest BCUT2D eigenvalue weighted by Gasteiger charge is 2.18. The minimum Gasteiger partial charge on any atom is -0.356 e. The zero-order valence-corrected chi connectivity index (χ0v) is 35.6. The minimum absolute atomic E-state index is 0.207. The quantitative estimate of drug-likeness (QED) is 0.0636. The molecule has 0 aromatic heterocycles. The van der Waals surface area contributed by atoms with Crippen molar-refractivity contribution in [1.82, 2.24) is 15.1 Å². The fraction of sp³-hybridized carbons (Fsp3) is 0.957. The fourth-order valence-corrected chi connectivity index (χ4v) is 7.94. The largest absolute Gasteiger partial charge is 0.356 e. The molecule has 0 saturated carbocycles. The van der Waals surface area contributed by atoms with Crippen molar-refractivity contribution in [2.45, 2.75) is 245 Å². The van der Waals surface area contributed by atoms with Crippen LogP contribution in [0.2, 0.25) is 0 Å². The summed E-state index contributed by atoms with van der Waals surface area (Å²) in [7, 11) is 0. The average molecular weight is 732 g/mol. The topological polar surface area (TPSA) is 52.7 Å². The molecule has 1 aliphatic rings. The number of carbonyl (C=O) groups excluding carboxylic acids is 2. The molecule has 0 aromatic rings. The third kappa shape index (κ3) is 34.8. The lowest BCUT2D eigenvalue weighted by atomic mass is 10.0. The molecular weight excluding hydrogens is 639 g/mol. The Bertz CT molecular complexity index is 689. The molecule has 1 aliphatic heterocycles. The number of ketones is 1. The highest BCUT2D eigenvalue weighted by molar-refractivity contribution is 5.78. The van der Waals surface area contributed by atoms with Crippen molar-refractivity contribution in [3.63, 3.8) is 0 Å². The van der Waals surface area contributed by atoms with Gasteiger partial charge >= 0.3 is 0 Å². The molecule has 5 nitrogen and oxygen atoms in total. The molecule has 0 radical (unpaired) electrons. The van der Waals surface area contributed by atoms with E-state index in [-0.39, 0.29) is 5.91 Å². The number of hydrogen-bond acceptors (Lipinski definition) is 4. The molecule has 0 bridgehead atoms. The van der Waals surface area contributed by atoms with Gasteiger partial charge in [-0.1, -0.05) is 213 Å². The van der Waals surface area contributed by atoms with E-state index in [0.29, 0.717) is 18.6 Å². The van der Waals surface area contributed by atoms with Gasteiger partial charge in [0.05, 0.1) is 0 Å². The third-order valence-electron chi connectivity index (χ3n) is 11.7. The summed E-state index contributed by atoms with van der Waals surface area (Å²) in [6.45, 7) is 11.3. The summed E-state index contributed by atoms with van der Waals surface area (Å²) >= 11 is 0. The van der Waals surface area contributed by atoms with E-state index in [9.17, 15) is 9.59 Å². The highest BCUT2D eigenvalue weighted by Crippen LogP contribution is 2.16. The summed E-state index contributed by atoms with van der Waals surface area (Å²) in [6.07, 6.45) is 47.6. The van der Waals surface area contributed by atoms with Gasteiger partial charge < -0.3 is 15.1 Å². The smallest absolute Gasteiger partial charge is 0.221 e. The number of amides is 1. The average Bonchev–Trinajstić information content (AvgIpc) is 3.16. The van der Waals surface area contributed by atoms with Crippen molar-refractivity contribution in [2.24, 2.45) is 0 Å². The van der Waals surface area contributed by atoms with Gasteiger partial charge in [-0.05, 0) is 12.8 Å². The van der Waals surface area contributed by atoms with Gasteiger partial charge in [0.15, 0.2) is 0 Å². The lowest BCUT2D eigenvalue weighted by Crippen LogP contribution is -2.47. The zero-order valence-electron chi connectivity index (χ0n) is 35.6. The maximum absolute atomic E-state index is 12.5. The predicted molar refractivity (Wildman–Crippen MR) is 228 cm³/mol. The Hall–Kier alpha value is -0.940. The Labute approximate surface area is 326 Å².